The fourth-order valence-electron chi connectivity index (χ4n) is 1.34. The molecule has 86 valence electrons. The van der Waals surface area contributed by atoms with Gasteiger partial charge in [0.2, 0.25) is 0 Å². The first-order valence-corrected chi connectivity index (χ1v) is 6.54. The number of ether oxygens (including phenoxy) is 3. The molecule has 2 unspecified atom stereocenters. The van der Waals surface area contributed by atoms with E-state index < -0.39 is 0 Å². The summed E-state index contributed by atoms with van der Waals surface area (Å²) in [5, 5.41) is 0.711. The lowest BCUT2D eigenvalue weighted by Crippen LogP contribution is -2.04. The molecule has 0 saturated carbocycles. The van der Waals surface area contributed by atoms with E-state index in [1.165, 1.54) is 5.75 Å². The van der Waals surface area contributed by atoms with Crippen LogP contribution in [0.3, 0.4) is 0 Å². The summed E-state index contributed by atoms with van der Waals surface area (Å²) in [5.74, 6) is 3.04. The molecule has 2 atom stereocenters. The van der Waals surface area contributed by atoms with Gasteiger partial charge in [-0.25, -0.2) is 0 Å². The molecule has 0 radical (unpaired) electrons. The number of benzene rings is 1. The van der Waals surface area contributed by atoms with E-state index in [-0.39, 0.29) is 0 Å². The third kappa shape index (κ3) is 3.06. The summed E-state index contributed by atoms with van der Waals surface area (Å²) in [5.41, 5.74) is 0. The van der Waals surface area contributed by atoms with Gasteiger partial charge >= 0.3 is 0 Å². The second kappa shape index (κ2) is 4.55. The summed E-state index contributed by atoms with van der Waals surface area (Å²) in [6.45, 7) is 2.31. The summed E-state index contributed by atoms with van der Waals surface area (Å²) < 4.78 is 16.2. The van der Waals surface area contributed by atoms with Gasteiger partial charge in [-0.05, 0) is 24.3 Å². The summed E-state index contributed by atoms with van der Waals surface area (Å²) in [4.78, 5) is 0. The Morgan fingerprint density at radius 3 is 2.19 bits per heavy atom. The summed E-state index contributed by atoms with van der Waals surface area (Å²) in [6, 6.07) is 7.79. The molecular formula is C12H14O3S. The van der Waals surface area contributed by atoms with E-state index in [2.05, 4.69) is 0 Å². The van der Waals surface area contributed by atoms with Crippen molar-refractivity contribution < 1.29 is 14.2 Å². The van der Waals surface area contributed by atoms with E-state index in [9.17, 15) is 0 Å². The highest BCUT2D eigenvalue weighted by atomic mass is 32.2. The Bertz CT molecular complexity index is 309. The lowest BCUT2D eigenvalue weighted by atomic mass is 10.3. The summed E-state index contributed by atoms with van der Waals surface area (Å²) in [7, 11) is 0. The van der Waals surface area contributed by atoms with Gasteiger partial charge in [-0.15, -0.1) is 0 Å². The summed E-state index contributed by atoms with van der Waals surface area (Å²) >= 11 is 1.95. The Kier molecular flexibility index (Phi) is 2.93. The van der Waals surface area contributed by atoms with Crippen molar-refractivity contribution in [2.45, 2.75) is 11.4 Å². The van der Waals surface area contributed by atoms with Crippen LogP contribution < -0.4 is 9.47 Å². The second-order valence-corrected chi connectivity index (χ2v) is 5.34. The molecule has 2 heterocycles. The monoisotopic (exact) mass is 238 g/mol. The highest BCUT2D eigenvalue weighted by Crippen LogP contribution is 2.30. The number of hydrogen-bond acceptors (Lipinski definition) is 4. The standard InChI is InChI=1S/C12H14O3S/c1-3-10(15-7-12-8-16-12)4-2-9(1)13-5-11-6-14-11/h1-4,11-12H,5-8H2. The average molecular weight is 238 g/mol. The van der Waals surface area contributed by atoms with Crippen molar-refractivity contribution in [3.05, 3.63) is 24.3 Å². The fourth-order valence-corrected chi connectivity index (χ4v) is 1.74. The molecule has 0 N–H and O–H groups in total. The first-order valence-electron chi connectivity index (χ1n) is 5.49. The van der Waals surface area contributed by atoms with Crippen LogP contribution in [0.2, 0.25) is 0 Å². The molecule has 4 heteroatoms. The minimum Gasteiger partial charge on any atom is -0.492 e. The maximum absolute atomic E-state index is 5.62. The molecule has 1 aromatic carbocycles. The van der Waals surface area contributed by atoms with Gasteiger partial charge in [0.05, 0.1) is 6.61 Å². The van der Waals surface area contributed by atoms with E-state index in [1.807, 2.05) is 36.0 Å². The lowest BCUT2D eigenvalue weighted by Gasteiger charge is -2.07. The van der Waals surface area contributed by atoms with E-state index in [4.69, 9.17) is 14.2 Å². The molecule has 2 aliphatic heterocycles. The predicted molar refractivity (Wildman–Crippen MR) is 63.4 cm³/mol. The molecule has 2 fully saturated rings. The van der Waals surface area contributed by atoms with Gasteiger partial charge in [-0.1, -0.05) is 0 Å². The first kappa shape index (κ1) is 10.3. The molecule has 3 rings (SSSR count). The maximum Gasteiger partial charge on any atom is 0.119 e. The Balaban J connectivity index is 1.47. The van der Waals surface area contributed by atoms with Crippen molar-refractivity contribution in [1.29, 1.82) is 0 Å². The SMILES string of the molecule is c1cc(OCC2CS2)ccc1OCC1CO1. The van der Waals surface area contributed by atoms with Crippen LogP contribution >= 0.6 is 11.8 Å². The van der Waals surface area contributed by atoms with E-state index in [0.29, 0.717) is 18.0 Å². The Hall–Kier alpha value is -0.870. The number of hydrogen-bond donors (Lipinski definition) is 0. The van der Waals surface area contributed by atoms with Crippen molar-refractivity contribution in [1.82, 2.24) is 0 Å². The zero-order chi connectivity index (χ0) is 10.8. The molecule has 16 heavy (non-hydrogen) atoms. The first-order chi connectivity index (χ1) is 7.90. The fraction of sp³-hybridized carbons (Fsp3) is 0.500. The molecule has 0 aliphatic carbocycles. The smallest absolute Gasteiger partial charge is 0.119 e. The van der Waals surface area contributed by atoms with Crippen molar-refractivity contribution >= 4 is 11.8 Å². The maximum atomic E-state index is 5.62. The van der Waals surface area contributed by atoms with Crippen LogP contribution in [0.1, 0.15) is 0 Å². The van der Waals surface area contributed by atoms with Gasteiger partial charge < -0.3 is 14.2 Å². The molecule has 0 aromatic heterocycles. The molecule has 0 bridgehead atoms. The largest absolute Gasteiger partial charge is 0.492 e. The van der Waals surface area contributed by atoms with Gasteiger partial charge in [-0.3, -0.25) is 0 Å². The van der Waals surface area contributed by atoms with Crippen LogP contribution in [0.5, 0.6) is 11.5 Å². The quantitative estimate of drug-likeness (QED) is 0.709. The van der Waals surface area contributed by atoms with Gasteiger partial charge in [0.25, 0.3) is 0 Å². The highest BCUT2D eigenvalue weighted by molar-refractivity contribution is 8.06. The van der Waals surface area contributed by atoms with Gasteiger partial charge in [-0.2, -0.15) is 11.8 Å². The van der Waals surface area contributed by atoms with E-state index in [1.54, 1.807) is 0 Å². The average Bonchev–Trinajstić information content (AvgIpc) is 3.17. The summed E-state index contributed by atoms with van der Waals surface area (Å²) in [6.07, 6.45) is 0.308. The zero-order valence-electron chi connectivity index (χ0n) is 8.93. The molecule has 0 amide bonds. The Labute approximate surface area is 99.1 Å². The zero-order valence-corrected chi connectivity index (χ0v) is 9.74. The predicted octanol–water partition coefficient (Wildman–Crippen LogP) is 1.96. The van der Waals surface area contributed by atoms with Crippen molar-refractivity contribution in [2.24, 2.45) is 0 Å². The van der Waals surface area contributed by atoms with Crippen LogP contribution in [-0.2, 0) is 4.74 Å². The van der Waals surface area contributed by atoms with Gasteiger partial charge in [0, 0.05) is 11.0 Å². The molecule has 0 spiro atoms. The van der Waals surface area contributed by atoms with Crippen molar-refractivity contribution in [2.75, 3.05) is 25.6 Å². The molecule has 2 saturated heterocycles. The normalized spacial score (nSPS) is 26.2. The van der Waals surface area contributed by atoms with Crippen LogP contribution in [0.25, 0.3) is 0 Å². The molecule has 2 aliphatic rings. The second-order valence-electron chi connectivity index (χ2n) is 4.00. The Morgan fingerprint density at radius 1 is 1.12 bits per heavy atom. The van der Waals surface area contributed by atoms with Crippen LogP contribution in [-0.4, -0.2) is 36.9 Å². The molecule has 3 nitrogen and oxygen atoms in total. The van der Waals surface area contributed by atoms with E-state index >= 15 is 0 Å². The van der Waals surface area contributed by atoms with Crippen LogP contribution in [0.15, 0.2) is 24.3 Å². The number of rotatable bonds is 6. The third-order valence-corrected chi connectivity index (χ3v) is 3.44. The van der Waals surface area contributed by atoms with Crippen LogP contribution in [0.4, 0.5) is 0 Å². The third-order valence-electron chi connectivity index (χ3n) is 2.50. The topological polar surface area (TPSA) is 31.0 Å². The minimum atomic E-state index is 0.308. The van der Waals surface area contributed by atoms with E-state index in [0.717, 1.165) is 24.7 Å². The van der Waals surface area contributed by atoms with Crippen molar-refractivity contribution in [3.63, 3.8) is 0 Å². The number of thioether (sulfide) groups is 1. The Morgan fingerprint density at radius 2 is 1.69 bits per heavy atom. The lowest BCUT2D eigenvalue weighted by molar-refractivity contribution is 0.262. The minimum absolute atomic E-state index is 0.308. The van der Waals surface area contributed by atoms with Gasteiger partial charge in [0.1, 0.15) is 30.8 Å². The number of epoxide rings is 1. The molecule has 1 aromatic rings. The van der Waals surface area contributed by atoms with Crippen LogP contribution in [0, 0.1) is 0 Å². The highest BCUT2D eigenvalue weighted by Gasteiger charge is 2.23. The molecular weight excluding hydrogens is 224 g/mol. The van der Waals surface area contributed by atoms with Crippen molar-refractivity contribution in [3.8, 4) is 11.5 Å². The van der Waals surface area contributed by atoms with Gasteiger partial charge in [0.15, 0.2) is 0 Å².